The van der Waals surface area contributed by atoms with Gasteiger partial charge in [-0.2, -0.15) is 0 Å². The largest absolute Gasteiger partial charge is 0.443 e. The van der Waals surface area contributed by atoms with Crippen LogP contribution in [0, 0.1) is 0 Å². The monoisotopic (exact) mass is 260 g/mol. The predicted octanol–water partition coefficient (Wildman–Crippen LogP) is 2.15. The lowest BCUT2D eigenvalue weighted by molar-refractivity contribution is -0.0555. The molecule has 4 nitrogen and oxygen atoms in total. The summed E-state index contributed by atoms with van der Waals surface area (Å²) in [7, 11) is 0. The van der Waals surface area contributed by atoms with Crippen LogP contribution in [0.5, 0.6) is 0 Å². The molecule has 0 saturated carbocycles. The topological polar surface area (TPSA) is 41.6 Å². The van der Waals surface area contributed by atoms with Crippen molar-refractivity contribution in [1.82, 2.24) is 10.2 Å². The maximum atomic E-state index is 11.4. The summed E-state index contributed by atoms with van der Waals surface area (Å²) in [5.41, 5.74) is 1.15. The number of hydrogen-bond acceptors (Lipinski definition) is 3. The van der Waals surface area contributed by atoms with Crippen molar-refractivity contribution in [2.45, 2.75) is 31.4 Å². The summed E-state index contributed by atoms with van der Waals surface area (Å²) < 4.78 is 5.54. The van der Waals surface area contributed by atoms with E-state index in [0.717, 1.165) is 45.4 Å². The lowest BCUT2D eigenvalue weighted by Crippen LogP contribution is -2.53. The maximum Gasteiger partial charge on any atom is 0.407 e. The molecule has 2 saturated heterocycles. The number of ether oxygens (including phenoxy) is 1. The number of likely N-dealkylation sites (tertiary alicyclic amines) is 1. The van der Waals surface area contributed by atoms with Gasteiger partial charge >= 0.3 is 6.09 Å². The van der Waals surface area contributed by atoms with E-state index in [1.165, 1.54) is 5.56 Å². The van der Waals surface area contributed by atoms with E-state index in [1.807, 2.05) is 6.07 Å². The fourth-order valence-corrected chi connectivity index (χ4v) is 2.99. The molecule has 2 aliphatic heterocycles. The molecule has 19 heavy (non-hydrogen) atoms. The lowest BCUT2D eigenvalue weighted by Gasteiger charge is -2.43. The minimum absolute atomic E-state index is 0.199. The standard InChI is InChI=1S/C15H20N2O2/c18-14-16-9-6-15(19-14)7-10-17(11-8-15)12-13-4-2-1-3-5-13/h1-5H,6-12H2,(H,16,18). The zero-order chi connectivity index (χ0) is 13.1. The van der Waals surface area contributed by atoms with E-state index < -0.39 is 0 Å². The molecule has 2 heterocycles. The molecule has 2 fully saturated rings. The molecule has 2 aliphatic rings. The van der Waals surface area contributed by atoms with Crippen LogP contribution in [-0.4, -0.2) is 36.2 Å². The predicted molar refractivity (Wildman–Crippen MR) is 72.8 cm³/mol. The van der Waals surface area contributed by atoms with Crippen molar-refractivity contribution in [3.63, 3.8) is 0 Å². The molecule has 1 spiro atoms. The van der Waals surface area contributed by atoms with Crippen LogP contribution in [0.4, 0.5) is 4.79 Å². The number of benzene rings is 1. The second kappa shape index (κ2) is 5.21. The van der Waals surface area contributed by atoms with Crippen LogP contribution in [0.15, 0.2) is 30.3 Å². The second-order valence-electron chi connectivity index (χ2n) is 5.51. The Morgan fingerprint density at radius 1 is 1.16 bits per heavy atom. The van der Waals surface area contributed by atoms with Gasteiger partial charge in [0.2, 0.25) is 0 Å². The van der Waals surface area contributed by atoms with E-state index >= 15 is 0 Å². The number of carbonyl (C=O) groups excluding carboxylic acids is 1. The second-order valence-corrected chi connectivity index (χ2v) is 5.51. The summed E-state index contributed by atoms with van der Waals surface area (Å²) in [4.78, 5) is 13.8. The summed E-state index contributed by atoms with van der Waals surface area (Å²) in [6.07, 6.45) is 2.60. The summed E-state index contributed by atoms with van der Waals surface area (Å²) in [6.45, 7) is 3.74. The molecule has 0 atom stereocenters. The van der Waals surface area contributed by atoms with Crippen LogP contribution in [0.25, 0.3) is 0 Å². The van der Waals surface area contributed by atoms with Gasteiger partial charge in [-0.15, -0.1) is 0 Å². The van der Waals surface area contributed by atoms with E-state index in [1.54, 1.807) is 0 Å². The van der Waals surface area contributed by atoms with Crippen LogP contribution in [0.1, 0.15) is 24.8 Å². The highest BCUT2D eigenvalue weighted by atomic mass is 16.6. The van der Waals surface area contributed by atoms with Gasteiger partial charge in [0.15, 0.2) is 0 Å². The highest BCUT2D eigenvalue weighted by Gasteiger charge is 2.40. The third-order valence-corrected chi connectivity index (χ3v) is 4.18. The molecule has 1 amide bonds. The maximum absolute atomic E-state index is 11.4. The van der Waals surface area contributed by atoms with Crippen LogP contribution in [-0.2, 0) is 11.3 Å². The van der Waals surface area contributed by atoms with Crippen molar-refractivity contribution in [3.8, 4) is 0 Å². The first-order valence-electron chi connectivity index (χ1n) is 6.99. The summed E-state index contributed by atoms with van der Waals surface area (Å²) in [5.74, 6) is 0. The molecule has 3 rings (SSSR count). The van der Waals surface area contributed by atoms with Crippen LogP contribution in [0.2, 0.25) is 0 Å². The Bertz CT molecular complexity index is 439. The number of piperidine rings is 1. The molecular formula is C15H20N2O2. The van der Waals surface area contributed by atoms with Gasteiger partial charge in [0.05, 0.1) is 0 Å². The highest BCUT2D eigenvalue weighted by Crippen LogP contribution is 2.32. The number of nitrogens with one attached hydrogen (secondary N) is 1. The minimum Gasteiger partial charge on any atom is -0.443 e. The molecule has 1 aromatic carbocycles. The van der Waals surface area contributed by atoms with Gasteiger partial charge in [0, 0.05) is 45.4 Å². The number of amides is 1. The number of hydrogen-bond donors (Lipinski definition) is 1. The Kier molecular flexibility index (Phi) is 3.42. The number of rotatable bonds is 2. The fraction of sp³-hybridized carbons (Fsp3) is 0.533. The smallest absolute Gasteiger partial charge is 0.407 e. The first kappa shape index (κ1) is 12.5. The van der Waals surface area contributed by atoms with Crippen molar-refractivity contribution < 1.29 is 9.53 Å². The van der Waals surface area contributed by atoms with Gasteiger partial charge in [0.1, 0.15) is 5.60 Å². The van der Waals surface area contributed by atoms with Gasteiger partial charge in [-0.3, -0.25) is 4.90 Å². The Morgan fingerprint density at radius 3 is 2.58 bits per heavy atom. The number of nitrogens with zero attached hydrogens (tertiary/aromatic N) is 1. The fourth-order valence-electron chi connectivity index (χ4n) is 2.99. The molecule has 102 valence electrons. The molecular weight excluding hydrogens is 240 g/mol. The molecule has 1 aromatic rings. The van der Waals surface area contributed by atoms with Gasteiger partial charge < -0.3 is 10.1 Å². The normalized spacial score (nSPS) is 22.8. The van der Waals surface area contributed by atoms with Gasteiger partial charge in [-0.05, 0) is 5.56 Å². The van der Waals surface area contributed by atoms with Crippen molar-refractivity contribution in [3.05, 3.63) is 35.9 Å². The Labute approximate surface area is 113 Å². The summed E-state index contributed by atoms with van der Waals surface area (Å²) in [6, 6.07) is 10.5. The first-order valence-corrected chi connectivity index (χ1v) is 6.99. The van der Waals surface area contributed by atoms with Gasteiger partial charge in [-0.25, -0.2) is 4.79 Å². The molecule has 0 bridgehead atoms. The average molecular weight is 260 g/mol. The summed E-state index contributed by atoms with van der Waals surface area (Å²) in [5, 5.41) is 2.73. The zero-order valence-electron chi connectivity index (χ0n) is 11.1. The Hall–Kier alpha value is -1.55. The Morgan fingerprint density at radius 2 is 1.89 bits per heavy atom. The third-order valence-electron chi connectivity index (χ3n) is 4.18. The highest BCUT2D eigenvalue weighted by molar-refractivity contribution is 5.68. The van der Waals surface area contributed by atoms with Crippen LogP contribution >= 0.6 is 0 Å². The quantitative estimate of drug-likeness (QED) is 0.886. The first-order chi connectivity index (χ1) is 9.26. The lowest BCUT2D eigenvalue weighted by atomic mass is 9.87. The summed E-state index contributed by atoms with van der Waals surface area (Å²) >= 11 is 0. The van der Waals surface area contributed by atoms with Crippen LogP contribution in [0.3, 0.4) is 0 Å². The van der Waals surface area contributed by atoms with Crippen LogP contribution < -0.4 is 5.32 Å². The van der Waals surface area contributed by atoms with E-state index in [-0.39, 0.29) is 11.7 Å². The van der Waals surface area contributed by atoms with E-state index in [9.17, 15) is 4.79 Å². The Balaban J connectivity index is 1.56. The third kappa shape index (κ3) is 2.89. The minimum atomic E-state index is -0.247. The molecule has 1 N–H and O–H groups in total. The average Bonchev–Trinajstić information content (AvgIpc) is 2.43. The number of carbonyl (C=O) groups is 1. The van der Waals surface area contributed by atoms with E-state index in [4.69, 9.17) is 4.74 Å². The molecule has 4 heteroatoms. The molecule has 0 aliphatic carbocycles. The SMILES string of the molecule is O=C1NCCC2(CCN(Cc3ccccc3)CC2)O1. The zero-order valence-corrected chi connectivity index (χ0v) is 11.1. The molecule has 0 unspecified atom stereocenters. The van der Waals surface area contributed by atoms with Crippen molar-refractivity contribution in [2.75, 3.05) is 19.6 Å². The van der Waals surface area contributed by atoms with Gasteiger partial charge in [0.25, 0.3) is 0 Å². The van der Waals surface area contributed by atoms with Crippen molar-refractivity contribution in [2.24, 2.45) is 0 Å². The van der Waals surface area contributed by atoms with E-state index in [0.29, 0.717) is 0 Å². The van der Waals surface area contributed by atoms with Crippen molar-refractivity contribution >= 4 is 6.09 Å². The molecule has 0 aromatic heterocycles. The molecule has 0 radical (unpaired) electrons. The number of alkyl carbamates (subject to hydrolysis) is 1. The van der Waals surface area contributed by atoms with Crippen molar-refractivity contribution in [1.29, 1.82) is 0 Å². The van der Waals surface area contributed by atoms with E-state index in [2.05, 4.69) is 34.5 Å². The van der Waals surface area contributed by atoms with Gasteiger partial charge in [-0.1, -0.05) is 30.3 Å².